The summed E-state index contributed by atoms with van der Waals surface area (Å²) in [5, 5.41) is 2.70. The number of para-hydroxylation sites is 2. The molecular weight excluding hydrogens is 420 g/mol. The smallest absolute Gasteiger partial charge is 0.265 e. The second kappa shape index (κ2) is 8.76. The van der Waals surface area contributed by atoms with Crippen molar-refractivity contribution in [1.82, 2.24) is 4.72 Å². The largest absolute Gasteiger partial charge is 0.482 e. The molecule has 2 amide bonds. The summed E-state index contributed by atoms with van der Waals surface area (Å²) in [6.45, 7) is 0.727. The molecule has 10 heteroatoms. The first-order valence-corrected chi connectivity index (χ1v) is 11.4. The molecule has 2 aliphatic heterocycles. The van der Waals surface area contributed by atoms with Crippen molar-refractivity contribution in [3.05, 3.63) is 48.5 Å². The number of nitrogens with zero attached hydrogens (tertiary/aromatic N) is 2. The van der Waals surface area contributed by atoms with Crippen molar-refractivity contribution >= 4 is 39.0 Å². The van der Waals surface area contributed by atoms with Gasteiger partial charge >= 0.3 is 0 Å². The van der Waals surface area contributed by atoms with Crippen molar-refractivity contribution < 1.29 is 22.7 Å². The van der Waals surface area contributed by atoms with Crippen LogP contribution in [-0.4, -0.2) is 45.8 Å². The number of aliphatic imine (C=N–C) groups is 1. The molecule has 31 heavy (non-hydrogen) atoms. The molecule has 0 spiro atoms. The quantitative estimate of drug-likeness (QED) is 0.709. The Bertz CT molecular complexity index is 1150. The van der Waals surface area contributed by atoms with Crippen molar-refractivity contribution in [3.8, 4) is 5.75 Å². The second-order valence-corrected chi connectivity index (χ2v) is 8.85. The Hall–Kier alpha value is -3.40. The normalized spacial score (nSPS) is 15.7. The predicted molar refractivity (Wildman–Crippen MR) is 116 cm³/mol. The van der Waals surface area contributed by atoms with Gasteiger partial charge in [0.15, 0.2) is 6.61 Å². The second-order valence-electron chi connectivity index (χ2n) is 7.17. The molecule has 162 valence electrons. The highest BCUT2D eigenvalue weighted by atomic mass is 32.2. The Kier molecular flexibility index (Phi) is 5.90. The first-order chi connectivity index (χ1) is 14.9. The summed E-state index contributed by atoms with van der Waals surface area (Å²) < 4.78 is 33.0. The molecule has 0 unspecified atom stereocenters. The van der Waals surface area contributed by atoms with Gasteiger partial charge in [-0.25, -0.2) is 8.42 Å². The zero-order valence-corrected chi connectivity index (χ0v) is 17.5. The monoisotopic (exact) mass is 442 g/mol. The van der Waals surface area contributed by atoms with Crippen molar-refractivity contribution in [1.29, 1.82) is 0 Å². The highest BCUT2D eigenvalue weighted by Crippen LogP contribution is 2.31. The highest BCUT2D eigenvalue weighted by Gasteiger charge is 2.25. The van der Waals surface area contributed by atoms with E-state index in [1.165, 1.54) is 17.0 Å². The number of anilines is 2. The number of carbonyl (C=O) groups is 2. The summed E-state index contributed by atoms with van der Waals surface area (Å²) in [4.78, 5) is 30.3. The van der Waals surface area contributed by atoms with E-state index in [9.17, 15) is 18.0 Å². The number of benzene rings is 2. The number of nitrogens with one attached hydrogen (secondary N) is 2. The lowest BCUT2D eigenvalue weighted by atomic mass is 10.2. The Labute approximate surface area is 180 Å². The van der Waals surface area contributed by atoms with Crippen molar-refractivity contribution in [3.63, 3.8) is 0 Å². The maximum atomic E-state index is 12.6. The molecule has 4 rings (SSSR count). The van der Waals surface area contributed by atoms with Crippen LogP contribution in [-0.2, 0) is 19.6 Å². The van der Waals surface area contributed by atoms with Crippen LogP contribution < -0.4 is 19.7 Å². The number of amides is 2. The zero-order chi connectivity index (χ0) is 21.8. The van der Waals surface area contributed by atoms with E-state index in [4.69, 9.17) is 4.74 Å². The molecule has 2 N–H and O–H groups in total. The van der Waals surface area contributed by atoms with Crippen LogP contribution in [0.4, 0.5) is 11.4 Å². The Morgan fingerprint density at radius 3 is 2.81 bits per heavy atom. The van der Waals surface area contributed by atoms with E-state index in [0.29, 0.717) is 35.9 Å². The SMILES string of the molecule is O=C(CCN1C(=O)COc2ccccc21)Nc1cccc(S(=O)(=O)NC2=NCCC2)c1. The van der Waals surface area contributed by atoms with E-state index >= 15 is 0 Å². The van der Waals surface area contributed by atoms with Gasteiger partial charge in [-0.1, -0.05) is 18.2 Å². The van der Waals surface area contributed by atoms with Gasteiger partial charge in [-0.2, -0.15) is 0 Å². The first kappa shape index (κ1) is 20.9. The topological polar surface area (TPSA) is 117 Å². The van der Waals surface area contributed by atoms with Crippen LogP contribution in [0, 0.1) is 0 Å². The van der Waals surface area contributed by atoms with E-state index in [1.807, 2.05) is 6.07 Å². The van der Waals surface area contributed by atoms with Gasteiger partial charge in [0.2, 0.25) is 5.91 Å². The molecule has 2 aromatic rings. The number of hydrogen-bond acceptors (Lipinski definition) is 6. The fraction of sp³-hybridized carbons (Fsp3) is 0.286. The number of sulfonamides is 1. The van der Waals surface area contributed by atoms with Crippen LogP contribution in [0.15, 0.2) is 58.4 Å². The third-order valence-electron chi connectivity index (χ3n) is 4.93. The fourth-order valence-corrected chi connectivity index (χ4v) is 4.55. The van der Waals surface area contributed by atoms with Gasteiger partial charge in [-0.3, -0.25) is 19.3 Å². The zero-order valence-electron chi connectivity index (χ0n) is 16.7. The van der Waals surface area contributed by atoms with Gasteiger partial charge in [-0.05, 0) is 36.8 Å². The van der Waals surface area contributed by atoms with Crippen LogP contribution in [0.5, 0.6) is 5.75 Å². The molecule has 0 aromatic heterocycles. The van der Waals surface area contributed by atoms with Gasteiger partial charge < -0.3 is 15.0 Å². The molecule has 0 fully saturated rings. The van der Waals surface area contributed by atoms with E-state index in [0.717, 1.165) is 6.42 Å². The summed E-state index contributed by atoms with van der Waals surface area (Å²) in [5.41, 5.74) is 0.982. The maximum Gasteiger partial charge on any atom is 0.265 e. The van der Waals surface area contributed by atoms with Crippen molar-refractivity contribution in [2.45, 2.75) is 24.2 Å². The molecule has 2 aromatic carbocycles. The minimum atomic E-state index is -3.77. The van der Waals surface area contributed by atoms with E-state index in [2.05, 4.69) is 15.0 Å². The van der Waals surface area contributed by atoms with E-state index < -0.39 is 10.0 Å². The van der Waals surface area contributed by atoms with Gasteiger partial charge in [0, 0.05) is 31.6 Å². The number of amidine groups is 1. The molecule has 0 radical (unpaired) electrons. The van der Waals surface area contributed by atoms with Crippen molar-refractivity contribution in [2.75, 3.05) is 29.9 Å². The van der Waals surface area contributed by atoms with E-state index in [1.54, 1.807) is 30.3 Å². The maximum absolute atomic E-state index is 12.6. The number of hydrogen-bond donors (Lipinski definition) is 2. The molecule has 0 aliphatic carbocycles. The molecule has 9 nitrogen and oxygen atoms in total. The Morgan fingerprint density at radius 1 is 1.16 bits per heavy atom. The molecule has 2 heterocycles. The van der Waals surface area contributed by atoms with Crippen molar-refractivity contribution in [2.24, 2.45) is 4.99 Å². The van der Waals surface area contributed by atoms with Crippen LogP contribution >= 0.6 is 0 Å². The van der Waals surface area contributed by atoms with Gasteiger partial charge in [0.05, 0.1) is 10.6 Å². The molecule has 0 bridgehead atoms. The Balaban J connectivity index is 1.39. The lowest BCUT2D eigenvalue weighted by Crippen LogP contribution is -2.40. The number of carbonyl (C=O) groups excluding carboxylic acids is 2. The number of ether oxygens (including phenoxy) is 1. The third-order valence-corrected chi connectivity index (χ3v) is 6.30. The molecule has 0 saturated heterocycles. The van der Waals surface area contributed by atoms with Crippen LogP contribution in [0.2, 0.25) is 0 Å². The summed E-state index contributed by atoms with van der Waals surface area (Å²) in [7, 11) is -3.77. The predicted octanol–water partition coefficient (Wildman–Crippen LogP) is 1.91. The molecule has 0 saturated carbocycles. The summed E-state index contributed by atoms with van der Waals surface area (Å²) >= 11 is 0. The fourth-order valence-electron chi connectivity index (χ4n) is 3.41. The standard InChI is InChI=1S/C21H22N4O5S/c26-20(10-12-25-17-7-1-2-8-18(17)30-14-21(25)27)23-15-5-3-6-16(13-15)31(28,29)24-19-9-4-11-22-19/h1-3,5-8,13H,4,9-12,14H2,(H,22,24)(H,23,26). The average Bonchev–Trinajstić information content (AvgIpc) is 3.25. The highest BCUT2D eigenvalue weighted by molar-refractivity contribution is 7.90. The van der Waals surface area contributed by atoms with Gasteiger partial charge in [0.1, 0.15) is 11.6 Å². The summed E-state index contributed by atoms with van der Waals surface area (Å²) in [6, 6.07) is 13.2. The third kappa shape index (κ3) is 4.85. The molecular formula is C21H22N4O5S. The summed E-state index contributed by atoms with van der Waals surface area (Å²) in [5.74, 6) is 0.490. The number of rotatable bonds is 6. The Morgan fingerprint density at radius 2 is 2.00 bits per heavy atom. The molecule has 2 aliphatic rings. The molecule has 0 atom stereocenters. The minimum absolute atomic E-state index is 0.0391. The lowest BCUT2D eigenvalue weighted by Gasteiger charge is -2.29. The van der Waals surface area contributed by atoms with Crippen LogP contribution in [0.25, 0.3) is 0 Å². The minimum Gasteiger partial charge on any atom is -0.482 e. The summed E-state index contributed by atoms with van der Waals surface area (Å²) in [6.07, 6.45) is 1.47. The number of fused-ring (bicyclic) bond motifs is 1. The lowest BCUT2D eigenvalue weighted by molar-refractivity contribution is -0.121. The van der Waals surface area contributed by atoms with Gasteiger partial charge in [-0.15, -0.1) is 0 Å². The average molecular weight is 442 g/mol. The van der Waals surface area contributed by atoms with E-state index in [-0.39, 0.29) is 36.3 Å². The van der Waals surface area contributed by atoms with Gasteiger partial charge in [0.25, 0.3) is 15.9 Å². The van der Waals surface area contributed by atoms with Crippen LogP contribution in [0.1, 0.15) is 19.3 Å². The first-order valence-electron chi connectivity index (χ1n) is 9.91. The van der Waals surface area contributed by atoms with Crippen LogP contribution in [0.3, 0.4) is 0 Å².